The molecule has 1 amide bonds. The molecule has 1 heterocycles. The predicted octanol–water partition coefficient (Wildman–Crippen LogP) is 2.08. The molecule has 0 aliphatic heterocycles. The van der Waals surface area contributed by atoms with Gasteiger partial charge >= 0.3 is 0 Å². The first kappa shape index (κ1) is 15.9. The van der Waals surface area contributed by atoms with Crippen molar-refractivity contribution in [1.82, 2.24) is 5.32 Å². The lowest BCUT2D eigenvalue weighted by molar-refractivity contribution is 0.0950. The largest absolute Gasteiger partial charge is 0.493 e. The van der Waals surface area contributed by atoms with Crippen LogP contribution < -0.4 is 20.5 Å². The van der Waals surface area contributed by atoms with Crippen molar-refractivity contribution in [2.75, 3.05) is 13.7 Å². The van der Waals surface area contributed by atoms with Crippen LogP contribution in [0.25, 0.3) is 0 Å². The molecule has 0 fully saturated rings. The molecule has 0 saturated heterocycles. The molecule has 3 N–H and O–H groups in total. The molecule has 0 radical (unpaired) electrons. The van der Waals surface area contributed by atoms with Gasteiger partial charge in [0.05, 0.1) is 25.8 Å². The third-order valence-corrected chi connectivity index (χ3v) is 3.10. The predicted molar refractivity (Wildman–Crippen MR) is 81.9 cm³/mol. The Labute approximate surface area is 129 Å². The molecular weight excluding hydrogens is 284 g/mol. The van der Waals surface area contributed by atoms with Gasteiger partial charge in [-0.3, -0.25) is 4.79 Å². The summed E-state index contributed by atoms with van der Waals surface area (Å²) in [6.07, 6.45) is 1.40. The molecule has 118 valence electrons. The van der Waals surface area contributed by atoms with E-state index in [0.29, 0.717) is 36.0 Å². The quantitative estimate of drug-likeness (QED) is 0.818. The van der Waals surface area contributed by atoms with E-state index in [-0.39, 0.29) is 12.5 Å². The highest BCUT2D eigenvalue weighted by molar-refractivity contribution is 5.93. The first-order valence-electron chi connectivity index (χ1n) is 7.03. The van der Waals surface area contributed by atoms with Gasteiger partial charge in [-0.25, -0.2) is 0 Å². The van der Waals surface area contributed by atoms with Crippen LogP contribution in [0, 0.1) is 0 Å². The second-order valence-corrected chi connectivity index (χ2v) is 4.61. The zero-order chi connectivity index (χ0) is 15.9. The van der Waals surface area contributed by atoms with E-state index in [2.05, 4.69) is 5.32 Å². The Hall–Kier alpha value is -2.47. The molecule has 2 rings (SSSR count). The Morgan fingerprint density at radius 3 is 2.77 bits per heavy atom. The Morgan fingerprint density at radius 1 is 1.32 bits per heavy atom. The van der Waals surface area contributed by atoms with Gasteiger partial charge in [0, 0.05) is 6.54 Å². The maximum absolute atomic E-state index is 12.0. The second kappa shape index (κ2) is 7.51. The van der Waals surface area contributed by atoms with Crippen LogP contribution in [0.15, 0.2) is 34.9 Å². The van der Waals surface area contributed by atoms with Crippen LogP contribution >= 0.6 is 0 Å². The van der Waals surface area contributed by atoms with E-state index in [1.54, 1.807) is 13.2 Å². The molecule has 2 aromatic rings. The smallest absolute Gasteiger partial charge is 0.254 e. The maximum atomic E-state index is 12.0. The monoisotopic (exact) mass is 304 g/mol. The van der Waals surface area contributed by atoms with E-state index < -0.39 is 0 Å². The fourth-order valence-electron chi connectivity index (χ4n) is 1.99. The lowest BCUT2D eigenvalue weighted by atomic mass is 10.2. The molecule has 0 bridgehead atoms. The van der Waals surface area contributed by atoms with Crippen LogP contribution in [0.5, 0.6) is 11.5 Å². The third-order valence-electron chi connectivity index (χ3n) is 3.10. The Morgan fingerprint density at radius 2 is 2.14 bits per heavy atom. The number of nitrogens with one attached hydrogen (secondary N) is 1. The Bertz CT molecular complexity index is 637. The molecular formula is C16H20N2O4. The summed E-state index contributed by atoms with van der Waals surface area (Å²) in [5, 5.41) is 2.82. The third kappa shape index (κ3) is 3.79. The van der Waals surface area contributed by atoms with E-state index in [9.17, 15) is 4.79 Å². The first-order valence-corrected chi connectivity index (χ1v) is 7.03. The fraction of sp³-hybridized carbons (Fsp3) is 0.312. The molecule has 1 aromatic carbocycles. The lowest BCUT2D eigenvalue weighted by Crippen LogP contribution is -2.22. The summed E-state index contributed by atoms with van der Waals surface area (Å²) in [6.45, 7) is 3.12. The van der Waals surface area contributed by atoms with E-state index >= 15 is 0 Å². The van der Waals surface area contributed by atoms with E-state index in [0.717, 1.165) is 5.56 Å². The molecule has 22 heavy (non-hydrogen) atoms. The van der Waals surface area contributed by atoms with Crippen molar-refractivity contribution in [1.29, 1.82) is 0 Å². The summed E-state index contributed by atoms with van der Waals surface area (Å²) in [6, 6.07) is 7.18. The number of methoxy groups -OCH3 is 1. The summed E-state index contributed by atoms with van der Waals surface area (Å²) in [5.41, 5.74) is 6.82. The molecule has 0 unspecified atom stereocenters. The molecule has 0 spiro atoms. The minimum Gasteiger partial charge on any atom is -0.493 e. The zero-order valence-electron chi connectivity index (χ0n) is 12.7. The number of amides is 1. The van der Waals surface area contributed by atoms with Gasteiger partial charge in [-0.2, -0.15) is 0 Å². The molecule has 0 atom stereocenters. The number of ether oxygens (including phenoxy) is 2. The first-order chi connectivity index (χ1) is 10.7. The van der Waals surface area contributed by atoms with E-state index in [4.69, 9.17) is 19.6 Å². The van der Waals surface area contributed by atoms with Gasteiger partial charge in [0.2, 0.25) is 0 Å². The van der Waals surface area contributed by atoms with Crippen molar-refractivity contribution >= 4 is 5.91 Å². The molecule has 1 aromatic heterocycles. The van der Waals surface area contributed by atoms with Gasteiger partial charge in [-0.15, -0.1) is 0 Å². The highest BCUT2D eigenvalue weighted by Gasteiger charge is 2.10. The van der Waals surface area contributed by atoms with Crippen molar-refractivity contribution in [3.05, 3.63) is 47.4 Å². The lowest BCUT2D eigenvalue weighted by Gasteiger charge is -2.11. The average molecular weight is 304 g/mol. The summed E-state index contributed by atoms with van der Waals surface area (Å²) in [5.74, 6) is 1.69. The number of carbonyl (C=O) groups is 1. The number of hydrogen-bond acceptors (Lipinski definition) is 5. The molecule has 6 nitrogen and oxygen atoms in total. The summed E-state index contributed by atoms with van der Waals surface area (Å²) < 4.78 is 15.9. The second-order valence-electron chi connectivity index (χ2n) is 4.61. The number of benzene rings is 1. The highest BCUT2D eigenvalue weighted by Crippen LogP contribution is 2.28. The number of carbonyl (C=O) groups excluding carboxylic acids is 1. The van der Waals surface area contributed by atoms with Crippen LogP contribution in [-0.2, 0) is 13.1 Å². The van der Waals surface area contributed by atoms with Crippen molar-refractivity contribution in [2.45, 2.75) is 20.0 Å². The zero-order valence-corrected chi connectivity index (χ0v) is 12.7. The Balaban J connectivity index is 2.00. The number of hydrogen-bond donors (Lipinski definition) is 2. The Kier molecular flexibility index (Phi) is 5.43. The molecule has 0 saturated carbocycles. The average Bonchev–Trinajstić information content (AvgIpc) is 3.03. The van der Waals surface area contributed by atoms with Crippen molar-refractivity contribution < 1.29 is 18.7 Å². The SMILES string of the molecule is CCOc1ccc(CNC(=O)c2coc(CN)c2)cc1OC. The van der Waals surface area contributed by atoms with Crippen molar-refractivity contribution in [2.24, 2.45) is 5.73 Å². The van der Waals surface area contributed by atoms with Gasteiger partial charge in [-0.1, -0.05) is 6.07 Å². The molecule has 0 aliphatic carbocycles. The standard InChI is InChI=1S/C16H20N2O4/c1-3-21-14-5-4-11(6-15(14)20-2)9-18-16(19)12-7-13(8-17)22-10-12/h4-7,10H,3,8-9,17H2,1-2H3,(H,18,19). The highest BCUT2D eigenvalue weighted by atomic mass is 16.5. The van der Waals surface area contributed by atoms with Crippen LogP contribution in [0.4, 0.5) is 0 Å². The van der Waals surface area contributed by atoms with Gasteiger partial charge < -0.3 is 24.9 Å². The summed E-state index contributed by atoms with van der Waals surface area (Å²) in [7, 11) is 1.58. The number of furan rings is 1. The van der Waals surface area contributed by atoms with Gasteiger partial charge in [0.25, 0.3) is 5.91 Å². The topological polar surface area (TPSA) is 86.7 Å². The van der Waals surface area contributed by atoms with Crippen LogP contribution in [-0.4, -0.2) is 19.6 Å². The summed E-state index contributed by atoms with van der Waals surface area (Å²) >= 11 is 0. The normalized spacial score (nSPS) is 10.3. The van der Waals surface area contributed by atoms with Crippen LogP contribution in [0.1, 0.15) is 28.6 Å². The minimum atomic E-state index is -0.212. The van der Waals surface area contributed by atoms with E-state index in [1.165, 1.54) is 6.26 Å². The molecule has 0 aliphatic rings. The van der Waals surface area contributed by atoms with Crippen LogP contribution in [0.3, 0.4) is 0 Å². The summed E-state index contributed by atoms with van der Waals surface area (Å²) in [4.78, 5) is 12.0. The van der Waals surface area contributed by atoms with Gasteiger partial charge in [0.15, 0.2) is 11.5 Å². The molecule has 6 heteroatoms. The number of nitrogens with two attached hydrogens (primary N) is 1. The van der Waals surface area contributed by atoms with Gasteiger partial charge in [-0.05, 0) is 30.7 Å². The van der Waals surface area contributed by atoms with Crippen LogP contribution in [0.2, 0.25) is 0 Å². The van der Waals surface area contributed by atoms with Gasteiger partial charge in [0.1, 0.15) is 12.0 Å². The van der Waals surface area contributed by atoms with E-state index in [1.807, 2.05) is 25.1 Å². The van der Waals surface area contributed by atoms with Crippen molar-refractivity contribution in [3.8, 4) is 11.5 Å². The number of rotatable bonds is 7. The fourth-order valence-corrected chi connectivity index (χ4v) is 1.99. The maximum Gasteiger partial charge on any atom is 0.254 e. The minimum absolute atomic E-state index is 0.212. The van der Waals surface area contributed by atoms with Crippen molar-refractivity contribution in [3.63, 3.8) is 0 Å².